The number of hydrogen-bond donors (Lipinski definition) is 2. The van der Waals surface area contributed by atoms with Crippen molar-refractivity contribution < 1.29 is 14.7 Å². The zero-order valence-corrected chi connectivity index (χ0v) is 6.20. The first-order valence-corrected chi connectivity index (χ1v) is 3.38. The molecule has 1 rings (SSSR count). The molecule has 11 heavy (non-hydrogen) atoms. The third-order valence-corrected chi connectivity index (χ3v) is 1.81. The third-order valence-electron chi connectivity index (χ3n) is 1.81. The lowest BCUT2D eigenvalue weighted by atomic mass is 10.0. The van der Waals surface area contributed by atoms with Gasteiger partial charge in [0.1, 0.15) is 6.04 Å². The van der Waals surface area contributed by atoms with Crippen LogP contribution in [-0.4, -0.2) is 41.6 Å². The maximum atomic E-state index is 10.9. The summed E-state index contributed by atoms with van der Waals surface area (Å²) in [5.41, 5.74) is 0. The molecule has 62 valence electrons. The van der Waals surface area contributed by atoms with Gasteiger partial charge >= 0.3 is 6.09 Å². The molecule has 0 aromatic heterocycles. The van der Waals surface area contributed by atoms with Crippen molar-refractivity contribution in [3.63, 3.8) is 0 Å². The van der Waals surface area contributed by atoms with Gasteiger partial charge in [0, 0.05) is 13.6 Å². The Morgan fingerprint density at radius 2 is 2.27 bits per heavy atom. The average molecular weight is 158 g/mol. The highest BCUT2D eigenvalue weighted by atomic mass is 16.4. The highest BCUT2D eigenvalue weighted by Gasteiger charge is 2.36. The Hall–Kier alpha value is -1.26. The quantitative estimate of drug-likeness (QED) is 0.539. The first-order chi connectivity index (χ1) is 5.16. The number of likely N-dealkylation sites (tertiary alicyclic amines) is 1. The predicted molar refractivity (Wildman–Crippen MR) is 37.2 cm³/mol. The molecule has 1 saturated heterocycles. The van der Waals surface area contributed by atoms with Crippen LogP contribution in [-0.2, 0) is 4.79 Å². The minimum atomic E-state index is -1.02. The molecule has 1 heterocycles. The summed E-state index contributed by atoms with van der Waals surface area (Å²) in [5, 5.41) is 10.9. The van der Waals surface area contributed by atoms with Crippen molar-refractivity contribution in [3.8, 4) is 0 Å². The maximum absolute atomic E-state index is 10.9. The summed E-state index contributed by atoms with van der Waals surface area (Å²) in [5.74, 6) is -0.223. The van der Waals surface area contributed by atoms with Crippen molar-refractivity contribution >= 4 is 12.0 Å². The number of carboxylic acid groups (broad SMARTS) is 1. The number of hydrogen-bond acceptors (Lipinski definition) is 2. The van der Waals surface area contributed by atoms with Crippen LogP contribution in [0.15, 0.2) is 0 Å². The molecule has 0 spiro atoms. The number of rotatable bonds is 1. The van der Waals surface area contributed by atoms with Gasteiger partial charge in [-0.1, -0.05) is 0 Å². The fraction of sp³-hybridized carbons (Fsp3) is 0.667. The largest absolute Gasteiger partial charge is 0.465 e. The van der Waals surface area contributed by atoms with Crippen LogP contribution >= 0.6 is 0 Å². The molecular weight excluding hydrogens is 148 g/mol. The van der Waals surface area contributed by atoms with E-state index in [1.807, 2.05) is 0 Å². The minimum absolute atomic E-state index is 0.223. The van der Waals surface area contributed by atoms with Crippen LogP contribution in [0.1, 0.15) is 6.42 Å². The normalized spacial score (nSPS) is 22.3. The third kappa shape index (κ3) is 1.26. The van der Waals surface area contributed by atoms with Gasteiger partial charge in [-0.15, -0.1) is 0 Å². The molecule has 0 aliphatic carbocycles. The van der Waals surface area contributed by atoms with Gasteiger partial charge in [-0.2, -0.15) is 0 Å². The highest BCUT2D eigenvalue weighted by Crippen LogP contribution is 2.16. The summed E-state index contributed by atoms with van der Waals surface area (Å²) in [6, 6.07) is -0.461. The molecule has 0 saturated carbocycles. The molecule has 1 unspecified atom stereocenters. The van der Waals surface area contributed by atoms with Gasteiger partial charge in [0.25, 0.3) is 0 Å². The van der Waals surface area contributed by atoms with Crippen molar-refractivity contribution in [2.45, 2.75) is 12.5 Å². The van der Waals surface area contributed by atoms with Crippen LogP contribution in [0.25, 0.3) is 0 Å². The SMILES string of the molecule is CNC(=O)C1CCN1C(=O)O. The Morgan fingerprint density at radius 1 is 1.64 bits per heavy atom. The van der Waals surface area contributed by atoms with Crippen LogP contribution < -0.4 is 5.32 Å². The summed E-state index contributed by atoms with van der Waals surface area (Å²) in [6.07, 6.45) is -0.392. The second-order valence-electron chi connectivity index (χ2n) is 2.39. The zero-order chi connectivity index (χ0) is 8.43. The van der Waals surface area contributed by atoms with Crippen LogP contribution in [0, 0.1) is 0 Å². The molecule has 0 aromatic rings. The molecule has 2 amide bonds. The first kappa shape index (κ1) is 7.84. The highest BCUT2D eigenvalue weighted by molar-refractivity contribution is 5.86. The molecule has 2 N–H and O–H groups in total. The zero-order valence-electron chi connectivity index (χ0n) is 6.20. The fourth-order valence-corrected chi connectivity index (χ4v) is 1.06. The minimum Gasteiger partial charge on any atom is -0.465 e. The summed E-state index contributed by atoms with van der Waals surface area (Å²) < 4.78 is 0. The molecule has 1 atom stereocenters. The Bertz CT molecular complexity index is 192. The standard InChI is InChI=1S/C6H10N2O3/c1-7-5(9)4-2-3-8(4)6(10)11/h4H,2-3H2,1H3,(H,7,9)(H,10,11). The summed E-state index contributed by atoms with van der Waals surface area (Å²) >= 11 is 0. The molecule has 0 aromatic carbocycles. The van der Waals surface area contributed by atoms with E-state index in [4.69, 9.17) is 5.11 Å². The van der Waals surface area contributed by atoms with Gasteiger partial charge in [0.2, 0.25) is 5.91 Å². The average Bonchev–Trinajstić information content (AvgIpc) is 1.83. The van der Waals surface area contributed by atoms with E-state index in [1.54, 1.807) is 0 Å². The summed E-state index contributed by atoms with van der Waals surface area (Å²) in [4.78, 5) is 22.4. The Kier molecular flexibility index (Phi) is 1.98. The van der Waals surface area contributed by atoms with Crippen molar-refractivity contribution in [1.29, 1.82) is 0 Å². The predicted octanol–water partition coefficient (Wildman–Crippen LogP) is -0.515. The molecule has 0 radical (unpaired) electrons. The monoisotopic (exact) mass is 158 g/mol. The van der Waals surface area contributed by atoms with E-state index in [2.05, 4.69) is 5.32 Å². The number of carbonyl (C=O) groups is 2. The van der Waals surface area contributed by atoms with E-state index in [1.165, 1.54) is 7.05 Å². The van der Waals surface area contributed by atoms with Gasteiger partial charge in [-0.3, -0.25) is 9.69 Å². The van der Waals surface area contributed by atoms with Crippen molar-refractivity contribution in [2.24, 2.45) is 0 Å². The number of nitrogens with one attached hydrogen (secondary N) is 1. The van der Waals surface area contributed by atoms with Crippen LogP contribution in [0.3, 0.4) is 0 Å². The molecule has 5 heteroatoms. The van der Waals surface area contributed by atoms with Crippen molar-refractivity contribution in [3.05, 3.63) is 0 Å². The lowest BCUT2D eigenvalue weighted by Gasteiger charge is -2.36. The molecule has 1 aliphatic heterocycles. The topological polar surface area (TPSA) is 69.6 Å². The van der Waals surface area contributed by atoms with Gasteiger partial charge in [0.05, 0.1) is 0 Å². The Morgan fingerprint density at radius 3 is 2.55 bits per heavy atom. The number of likely N-dealkylation sites (N-methyl/N-ethyl adjacent to an activating group) is 1. The van der Waals surface area contributed by atoms with Crippen molar-refractivity contribution in [1.82, 2.24) is 10.2 Å². The van der Waals surface area contributed by atoms with E-state index in [9.17, 15) is 9.59 Å². The maximum Gasteiger partial charge on any atom is 0.407 e. The molecule has 1 aliphatic rings. The fourth-order valence-electron chi connectivity index (χ4n) is 1.06. The van der Waals surface area contributed by atoms with Crippen molar-refractivity contribution in [2.75, 3.05) is 13.6 Å². The van der Waals surface area contributed by atoms with E-state index in [-0.39, 0.29) is 5.91 Å². The molecular formula is C6H10N2O3. The molecule has 0 bridgehead atoms. The summed E-state index contributed by atoms with van der Waals surface area (Å²) in [6.45, 7) is 0.466. The number of carbonyl (C=O) groups excluding carboxylic acids is 1. The number of nitrogens with zero attached hydrogens (tertiary/aromatic N) is 1. The van der Waals surface area contributed by atoms with Gasteiger partial charge < -0.3 is 10.4 Å². The van der Waals surface area contributed by atoms with Crippen LogP contribution in [0.4, 0.5) is 4.79 Å². The van der Waals surface area contributed by atoms with E-state index < -0.39 is 12.1 Å². The van der Waals surface area contributed by atoms with Gasteiger partial charge in [0.15, 0.2) is 0 Å². The van der Waals surface area contributed by atoms with Gasteiger partial charge in [-0.25, -0.2) is 4.79 Å². The Labute approximate surface area is 64.0 Å². The van der Waals surface area contributed by atoms with E-state index >= 15 is 0 Å². The van der Waals surface area contributed by atoms with Crippen LogP contribution in [0.5, 0.6) is 0 Å². The smallest absolute Gasteiger partial charge is 0.407 e. The molecule has 5 nitrogen and oxygen atoms in total. The van der Waals surface area contributed by atoms with Crippen LogP contribution in [0.2, 0.25) is 0 Å². The molecule has 1 fully saturated rings. The second kappa shape index (κ2) is 2.77. The van der Waals surface area contributed by atoms with E-state index in [0.29, 0.717) is 13.0 Å². The number of amides is 2. The Balaban J connectivity index is 2.49. The summed E-state index contributed by atoms with van der Waals surface area (Å²) in [7, 11) is 1.50. The van der Waals surface area contributed by atoms with E-state index in [0.717, 1.165) is 4.90 Å². The second-order valence-corrected chi connectivity index (χ2v) is 2.39. The lowest BCUT2D eigenvalue weighted by molar-refractivity contribution is -0.128. The lowest BCUT2D eigenvalue weighted by Crippen LogP contribution is -2.57. The van der Waals surface area contributed by atoms with Gasteiger partial charge in [-0.05, 0) is 6.42 Å². The first-order valence-electron chi connectivity index (χ1n) is 3.38.